The molecule has 0 aliphatic heterocycles. The second-order valence-electron chi connectivity index (χ2n) is 5.63. The van der Waals surface area contributed by atoms with Gasteiger partial charge in [-0.2, -0.15) is 0 Å². The third-order valence-electron chi connectivity index (χ3n) is 3.55. The Morgan fingerprint density at radius 1 is 1.24 bits per heavy atom. The van der Waals surface area contributed by atoms with Crippen LogP contribution in [-0.2, 0) is 6.54 Å². The van der Waals surface area contributed by atoms with Gasteiger partial charge in [0.05, 0.1) is 11.1 Å². The highest BCUT2D eigenvalue weighted by Gasteiger charge is 2.14. The highest BCUT2D eigenvalue weighted by atomic mass is 79.9. The summed E-state index contributed by atoms with van der Waals surface area (Å²) >= 11 is 3.41. The quantitative estimate of drug-likeness (QED) is 0.634. The van der Waals surface area contributed by atoms with E-state index < -0.39 is 0 Å². The number of aromatic hydroxyl groups is 1. The number of unbranched alkanes of at least 4 members (excludes halogenated alkanes) is 2. The van der Waals surface area contributed by atoms with Crippen molar-refractivity contribution < 1.29 is 9.84 Å². The van der Waals surface area contributed by atoms with Crippen LogP contribution in [0.1, 0.15) is 52.5 Å². The molecule has 1 rings (SSSR count). The molecule has 0 amide bonds. The van der Waals surface area contributed by atoms with Crippen LogP contribution in [0.2, 0.25) is 0 Å². The second-order valence-corrected chi connectivity index (χ2v) is 6.48. The van der Waals surface area contributed by atoms with Crippen LogP contribution in [0.4, 0.5) is 0 Å². The Kier molecular flexibility index (Phi) is 8.12. The lowest BCUT2D eigenvalue weighted by molar-refractivity contribution is 0.208. The lowest BCUT2D eigenvalue weighted by atomic mass is 10.1. The molecular formula is C17H28BrNO2. The molecule has 3 nitrogen and oxygen atoms in total. The molecule has 0 saturated carbocycles. The molecular weight excluding hydrogens is 330 g/mol. The summed E-state index contributed by atoms with van der Waals surface area (Å²) in [7, 11) is 0. The van der Waals surface area contributed by atoms with Crippen molar-refractivity contribution in [2.75, 3.05) is 13.2 Å². The van der Waals surface area contributed by atoms with Crippen LogP contribution in [-0.4, -0.2) is 29.2 Å². The molecule has 0 aliphatic carbocycles. The van der Waals surface area contributed by atoms with E-state index in [0.29, 0.717) is 22.9 Å². The molecule has 0 aromatic heterocycles. The number of rotatable bonds is 9. The number of phenolic OH excluding ortho intramolecular Hbond substituents is 1. The molecule has 4 heteroatoms. The highest BCUT2D eigenvalue weighted by molar-refractivity contribution is 9.10. The zero-order valence-electron chi connectivity index (χ0n) is 13.7. The lowest BCUT2D eigenvalue weighted by Crippen LogP contribution is -2.31. The molecule has 1 N–H and O–H groups in total. The maximum absolute atomic E-state index is 9.98. The highest BCUT2D eigenvalue weighted by Crippen LogP contribution is 2.36. The maximum Gasteiger partial charge on any atom is 0.172 e. The van der Waals surface area contributed by atoms with Crippen LogP contribution in [0.5, 0.6) is 11.5 Å². The van der Waals surface area contributed by atoms with Gasteiger partial charge in [-0.3, -0.25) is 4.90 Å². The van der Waals surface area contributed by atoms with Gasteiger partial charge in [0.15, 0.2) is 11.5 Å². The molecule has 0 saturated heterocycles. The molecule has 120 valence electrons. The fourth-order valence-electron chi connectivity index (χ4n) is 2.30. The lowest BCUT2D eigenvalue weighted by Gasteiger charge is -2.27. The number of halogens is 1. The van der Waals surface area contributed by atoms with Gasteiger partial charge in [-0.1, -0.05) is 19.8 Å². The van der Waals surface area contributed by atoms with E-state index in [9.17, 15) is 5.11 Å². The molecule has 0 aliphatic rings. The Hall–Kier alpha value is -0.740. The monoisotopic (exact) mass is 357 g/mol. The summed E-state index contributed by atoms with van der Waals surface area (Å²) in [5.41, 5.74) is 1.16. The van der Waals surface area contributed by atoms with Crippen molar-refractivity contribution in [3.63, 3.8) is 0 Å². The molecule has 0 radical (unpaired) electrons. The van der Waals surface area contributed by atoms with Crippen molar-refractivity contribution in [1.82, 2.24) is 4.90 Å². The summed E-state index contributed by atoms with van der Waals surface area (Å²) in [6.07, 6.45) is 3.74. The maximum atomic E-state index is 9.98. The van der Waals surface area contributed by atoms with E-state index in [0.717, 1.165) is 18.7 Å². The third kappa shape index (κ3) is 5.87. The van der Waals surface area contributed by atoms with Crippen LogP contribution in [0.15, 0.2) is 16.6 Å². The van der Waals surface area contributed by atoms with E-state index in [2.05, 4.69) is 41.6 Å². The van der Waals surface area contributed by atoms with E-state index in [1.54, 1.807) is 0 Å². The normalized spacial score (nSPS) is 11.4. The standard InChI is InChI=1S/C17H28BrNO2/c1-5-7-8-9-19(13(3)4)12-14-10-15(18)17(20)16(11-14)21-6-2/h10-11,13,20H,5-9,12H2,1-4H3. The number of hydrogen-bond acceptors (Lipinski definition) is 3. The van der Waals surface area contributed by atoms with E-state index in [4.69, 9.17) is 4.74 Å². The van der Waals surface area contributed by atoms with Crippen LogP contribution >= 0.6 is 15.9 Å². The van der Waals surface area contributed by atoms with E-state index in [-0.39, 0.29) is 5.75 Å². The number of phenols is 1. The number of ether oxygens (including phenoxy) is 1. The minimum atomic E-state index is 0.183. The summed E-state index contributed by atoms with van der Waals surface area (Å²) in [4.78, 5) is 2.46. The molecule has 0 fully saturated rings. The largest absolute Gasteiger partial charge is 0.503 e. The van der Waals surface area contributed by atoms with Crippen molar-refractivity contribution >= 4 is 15.9 Å². The zero-order valence-corrected chi connectivity index (χ0v) is 15.2. The Morgan fingerprint density at radius 2 is 1.95 bits per heavy atom. The first-order chi connectivity index (χ1) is 9.99. The number of nitrogens with zero attached hydrogens (tertiary/aromatic N) is 1. The molecule has 21 heavy (non-hydrogen) atoms. The summed E-state index contributed by atoms with van der Waals surface area (Å²) in [5.74, 6) is 0.738. The number of benzene rings is 1. The smallest absolute Gasteiger partial charge is 0.172 e. The van der Waals surface area contributed by atoms with Crippen molar-refractivity contribution in [1.29, 1.82) is 0 Å². The average Bonchev–Trinajstić information content (AvgIpc) is 2.43. The SMILES string of the molecule is CCCCCN(Cc1cc(Br)c(O)c(OCC)c1)C(C)C. The van der Waals surface area contributed by atoms with E-state index in [1.807, 2.05) is 19.1 Å². The van der Waals surface area contributed by atoms with Gasteiger partial charge in [-0.05, 0) is 67.4 Å². The van der Waals surface area contributed by atoms with Gasteiger partial charge in [0, 0.05) is 12.6 Å². The fourth-order valence-corrected chi connectivity index (χ4v) is 2.79. The van der Waals surface area contributed by atoms with Crippen molar-refractivity contribution in [2.45, 2.75) is 59.5 Å². The molecule has 0 unspecified atom stereocenters. The summed E-state index contributed by atoms with van der Waals surface area (Å²) < 4.78 is 6.20. The van der Waals surface area contributed by atoms with Crippen LogP contribution in [0.25, 0.3) is 0 Å². The fraction of sp³-hybridized carbons (Fsp3) is 0.647. The first-order valence-electron chi connectivity index (χ1n) is 7.87. The minimum absolute atomic E-state index is 0.183. The molecule has 0 spiro atoms. The minimum Gasteiger partial charge on any atom is -0.503 e. The molecule has 0 atom stereocenters. The van der Waals surface area contributed by atoms with Crippen molar-refractivity contribution in [3.05, 3.63) is 22.2 Å². The van der Waals surface area contributed by atoms with Gasteiger partial charge in [-0.15, -0.1) is 0 Å². The van der Waals surface area contributed by atoms with Crippen molar-refractivity contribution in [3.8, 4) is 11.5 Å². The molecule has 0 bridgehead atoms. The van der Waals surface area contributed by atoms with Gasteiger partial charge < -0.3 is 9.84 Å². The van der Waals surface area contributed by atoms with E-state index in [1.165, 1.54) is 19.3 Å². The average molecular weight is 358 g/mol. The van der Waals surface area contributed by atoms with Crippen LogP contribution in [0.3, 0.4) is 0 Å². The zero-order chi connectivity index (χ0) is 15.8. The first-order valence-corrected chi connectivity index (χ1v) is 8.67. The van der Waals surface area contributed by atoms with Gasteiger partial charge in [0.1, 0.15) is 0 Å². The van der Waals surface area contributed by atoms with Gasteiger partial charge in [0.2, 0.25) is 0 Å². The Morgan fingerprint density at radius 3 is 2.52 bits per heavy atom. The topological polar surface area (TPSA) is 32.7 Å². The van der Waals surface area contributed by atoms with Gasteiger partial charge in [0.25, 0.3) is 0 Å². The number of hydrogen-bond donors (Lipinski definition) is 1. The first kappa shape index (κ1) is 18.3. The van der Waals surface area contributed by atoms with Crippen LogP contribution < -0.4 is 4.74 Å². The summed E-state index contributed by atoms with van der Waals surface area (Å²) in [5, 5.41) is 9.98. The second kappa shape index (κ2) is 9.31. The molecule has 1 aromatic carbocycles. The Balaban J connectivity index is 2.82. The molecule has 0 heterocycles. The Labute approximate surface area is 137 Å². The predicted molar refractivity (Wildman–Crippen MR) is 92.0 cm³/mol. The van der Waals surface area contributed by atoms with Crippen molar-refractivity contribution in [2.24, 2.45) is 0 Å². The third-order valence-corrected chi connectivity index (χ3v) is 4.16. The van der Waals surface area contributed by atoms with Gasteiger partial charge >= 0.3 is 0 Å². The van der Waals surface area contributed by atoms with E-state index >= 15 is 0 Å². The van der Waals surface area contributed by atoms with Crippen LogP contribution in [0, 0.1) is 0 Å². The summed E-state index contributed by atoms with van der Waals surface area (Å²) in [6.45, 7) is 11.1. The van der Waals surface area contributed by atoms with Gasteiger partial charge in [-0.25, -0.2) is 0 Å². The predicted octanol–water partition coefficient (Wildman–Crippen LogP) is 4.95. The molecule has 1 aromatic rings. The Bertz CT molecular complexity index is 435. The summed E-state index contributed by atoms with van der Waals surface area (Å²) in [6, 6.07) is 4.43.